The van der Waals surface area contributed by atoms with Gasteiger partial charge in [0.25, 0.3) is 0 Å². The Morgan fingerprint density at radius 2 is 1.82 bits per heavy atom. The van der Waals surface area contributed by atoms with Crippen molar-refractivity contribution in [1.29, 1.82) is 0 Å². The molecule has 0 aliphatic carbocycles. The molecule has 0 radical (unpaired) electrons. The van der Waals surface area contributed by atoms with E-state index in [1.165, 1.54) is 0 Å². The normalized spacial score (nSPS) is 11.6. The maximum atomic E-state index is 13.1. The SMILES string of the molecule is CCCOc1c(C/C=C/C(F)(F)F)cc(-c2ccccc2-c2nn[nH]n2)cc1NC(=O)Cc1ccc(C)cc1. The number of aromatic amines is 1. The third kappa shape index (κ3) is 7.53. The summed E-state index contributed by atoms with van der Waals surface area (Å²) in [5, 5.41) is 17.2. The van der Waals surface area contributed by atoms with Crippen LogP contribution in [0.5, 0.6) is 5.75 Å². The summed E-state index contributed by atoms with van der Waals surface area (Å²) in [5.74, 6) is 0.419. The Bertz CT molecular complexity index is 1430. The van der Waals surface area contributed by atoms with E-state index in [9.17, 15) is 18.0 Å². The summed E-state index contributed by atoms with van der Waals surface area (Å²) in [6.07, 6.45) is -2.46. The zero-order valence-electron chi connectivity index (χ0n) is 21.5. The van der Waals surface area contributed by atoms with E-state index < -0.39 is 6.18 Å². The molecule has 0 unspecified atom stereocenters. The van der Waals surface area contributed by atoms with Gasteiger partial charge in [-0.1, -0.05) is 67.1 Å². The topological polar surface area (TPSA) is 92.8 Å². The predicted octanol–water partition coefficient (Wildman–Crippen LogP) is 6.47. The van der Waals surface area contributed by atoms with Crippen molar-refractivity contribution in [3.63, 3.8) is 0 Å². The number of anilines is 1. The molecule has 0 aliphatic heterocycles. The highest BCUT2D eigenvalue weighted by atomic mass is 19.4. The molecule has 3 aromatic carbocycles. The minimum atomic E-state index is -4.45. The fraction of sp³-hybridized carbons (Fsp3) is 0.241. The summed E-state index contributed by atoms with van der Waals surface area (Å²) in [4.78, 5) is 13.1. The van der Waals surface area contributed by atoms with Crippen molar-refractivity contribution < 1.29 is 22.7 Å². The van der Waals surface area contributed by atoms with Crippen LogP contribution in [0.25, 0.3) is 22.5 Å². The summed E-state index contributed by atoms with van der Waals surface area (Å²) in [7, 11) is 0. The zero-order chi connectivity index (χ0) is 27.8. The number of hydrogen-bond acceptors (Lipinski definition) is 5. The molecule has 2 N–H and O–H groups in total. The van der Waals surface area contributed by atoms with Crippen molar-refractivity contribution in [1.82, 2.24) is 20.6 Å². The van der Waals surface area contributed by atoms with Crippen molar-refractivity contribution in [2.45, 2.75) is 39.3 Å². The summed E-state index contributed by atoms with van der Waals surface area (Å²) < 4.78 is 44.7. The Kier molecular flexibility index (Phi) is 8.75. The molecule has 7 nitrogen and oxygen atoms in total. The molecule has 1 amide bonds. The molecule has 1 aromatic heterocycles. The highest BCUT2D eigenvalue weighted by Gasteiger charge is 2.22. The lowest BCUT2D eigenvalue weighted by molar-refractivity contribution is -0.115. The van der Waals surface area contributed by atoms with Crippen LogP contribution in [0.1, 0.15) is 30.0 Å². The molecule has 0 fully saturated rings. The van der Waals surface area contributed by atoms with E-state index in [1.54, 1.807) is 12.1 Å². The lowest BCUT2D eigenvalue weighted by Gasteiger charge is -2.19. The number of hydrogen-bond donors (Lipinski definition) is 2. The highest BCUT2D eigenvalue weighted by Crippen LogP contribution is 2.39. The lowest BCUT2D eigenvalue weighted by Crippen LogP contribution is -2.16. The van der Waals surface area contributed by atoms with E-state index in [4.69, 9.17) is 4.74 Å². The molecule has 39 heavy (non-hydrogen) atoms. The molecule has 0 saturated heterocycles. The Morgan fingerprint density at radius 1 is 1.08 bits per heavy atom. The van der Waals surface area contributed by atoms with Crippen molar-refractivity contribution in [2.24, 2.45) is 0 Å². The van der Waals surface area contributed by atoms with Gasteiger partial charge in [0.15, 0.2) is 0 Å². The molecule has 0 spiro atoms. The molecule has 0 saturated carbocycles. The molecule has 0 atom stereocenters. The summed E-state index contributed by atoms with van der Waals surface area (Å²) in [6, 6.07) is 18.5. The van der Waals surface area contributed by atoms with Gasteiger partial charge in [-0.05, 0) is 53.8 Å². The number of nitrogens with zero attached hydrogens (tertiary/aromatic N) is 3. The molecule has 10 heteroatoms. The number of nitrogens with one attached hydrogen (secondary N) is 2. The van der Waals surface area contributed by atoms with Crippen LogP contribution in [0, 0.1) is 6.92 Å². The van der Waals surface area contributed by atoms with E-state index in [2.05, 4.69) is 25.9 Å². The highest BCUT2D eigenvalue weighted by molar-refractivity contribution is 5.95. The number of benzene rings is 3. The van der Waals surface area contributed by atoms with Gasteiger partial charge in [0.1, 0.15) is 5.75 Å². The number of H-pyrrole nitrogens is 1. The molecule has 0 aliphatic rings. The smallest absolute Gasteiger partial charge is 0.409 e. The van der Waals surface area contributed by atoms with Gasteiger partial charge in [-0.3, -0.25) is 4.79 Å². The van der Waals surface area contributed by atoms with Gasteiger partial charge in [0, 0.05) is 17.2 Å². The fourth-order valence-corrected chi connectivity index (χ4v) is 4.07. The number of allylic oxidation sites excluding steroid dienone is 2. The van der Waals surface area contributed by atoms with Crippen LogP contribution in [-0.4, -0.2) is 39.3 Å². The van der Waals surface area contributed by atoms with E-state index in [-0.39, 0.29) is 24.8 Å². The van der Waals surface area contributed by atoms with E-state index in [0.717, 1.165) is 22.8 Å². The number of amides is 1. The summed E-state index contributed by atoms with van der Waals surface area (Å²) >= 11 is 0. The zero-order valence-corrected chi connectivity index (χ0v) is 21.5. The van der Waals surface area contributed by atoms with Crippen LogP contribution in [0.2, 0.25) is 0 Å². The molecule has 1 heterocycles. The van der Waals surface area contributed by atoms with Crippen molar-refractivity contribution >= 4 is 11.6 Å². The van der Waals surface area contributed by atoms with E-state index in [0.29, 0.717) is 47.0 Å². The Morgan fingerprint density at radius 3 is 2.49 bits per heavy atom. The average Bonchev–Trinajstić information content (AvgIpc) is 3.44. The average molecular weight is 536 g/mol. The number of rotatable bonds is 10. The van der Waals surface area contributed by atoms with Crippen LogP contribution < -0.4 is 10.1 Å². The molecular weight excluding hydrogens is 507 g/mol. The van der Waals surface area contributed by atoms with Gasteiger partial charge < -0.3 is 10.1 Å². The number of aryl methyl sites for hydroxylation is 1. The minimum Gasteiger partial charge on any atom is -0.491 e. The number of carbonyl (C=O) groups is 1. The number of tetrazole rings is 1. The van der Waals surface area contributed by atoms with Crippen molar-refractivity contribution in [3.8, 4) is 28.3 Å². The van der Waals surface area contributed by atoms with E-state index >= 15 is 0 Å². The maximum Gasteiger partial charge on any atom is 0.409 e. The Hall–Kier alpha value is -4.47. The first-order valence-electron chi connectivity index (χ1n) is 12.5. The monoisotopic (exact) mass is 535 g/mol. The summed E-state index contributed by atoms with van der Waals surface area (Å²) in [5.41, 5.74) is 4.82. The number of halogens is 3. The molecule has 4 rings (SSSR count). The van der Waals surface area contributed by atoms with Gasteiger partial charge in [-0.25, -0.2) is 0 Å². The maximum absolute atomic E-state index is 13.1. The first kappa shape index (κ1) is 27.6. The van der Waals surface area contributed by atoms with E-state index in [1.807, 2.05) is 62.4 Å². The standard InChI is InChI=1S/C29H28F3N5O2/c1-3-15-39-27-21(7-6-14-29(30,31)32)17-22(23-8-4-5-9-24(23)28-34-36-37-35-28)18-25(27)33-26(38)16-20-12-10-19(2)11-13-20/h4-6,8-14,17-18H,3,7,15-16H2,1-2H3,(H,33,38)(H,34,35,36,37)/b14-6+. The van der Waals surface area contributed by atoms with Crippen LogP contribution in [0.3, 0.4) is 0 Å². The van der Waals surface area contributed by atoms with Crippen molar-refractivity contribution in [2.75, 3.05) is 11.9 Å². The Labute approximate surface area is 224 Å². The first-order chi connectivity index (χ1) is 18.7. The van der Waals surface area contributed by atoms with Gasteiger partial charge in [0.2, 0.25) is 11.7 Å². The minimum absolute atomic E-state index is 0.0579. The first-order valence-corrected chi connectivity index (χ1v) is 12.5. The van der Waals surface area contributed by atoms with Crippen LogP contribution in [0.15, 0.2) is 72.8 Å². The predicted molar refractivity (Wildman–Crippen MR) is 143 cm³/mol. The Balaban J connectivity index is 1.79. The number of alkyl halides is 3. The molecular formula is C29H28F3N5O2. The fourth-order valence-electron chi connectivity index (χ4n) is 4.07. The number of ether oxygens (including phenoxy) is 1. The third-order valence-electron chi connectivity index (χ3n) is 5.84. The number of aromatic nitrogens is 4. The number of carbonyl (C=O) groups excluding carboxylic acids is 1. The third-order valence-corrected chi connectivity index (χ3v) is 5.84. The van der Waals surface area contributed by atoms with Gasteiger partial charge >= 0.3 is 6.18 Å². The molecule has 202 valence electrons. The van der Waals surface area contributed by atoms with Crippen LogP contribution in [-0.2, 0) is 17.6 Å². The van der Waals surface area contributed by atoms with Gasteiger partial charge in [0.05, 0.1) is 18.7 Å². The second-order valence-electron chi connectivity index (χ2n) is 9.00. The second-order valence-corrected chi connectivity index (χ2v) is 9.00. The second kappa shape index (κ2) is 12.4. The largest absolute Gasteiger partial charge is 0.491 e. The van der Waals surface area contributed by atoms with Gasteiger partial charge in [-0.15, -0.1) is 10.2 Å². The molecule has 4 aromatic rings. The van der Waals surface area contributed by atoms with Gasteiger partial charge in [-0.2, -0.15) is 18.4 Å². The molecule has 0 bridgehead atoms. The van der Waals surface area contributed by atoms with Crippen LogP contribution in [0.4, 0.5) is 18.9 Å². The lowest BCUT2D eigenvalue weighted by atomic mass is 9.95. The van der Waals surface area contributed by atoms with Crippen LogP contribution >= 0.6 is 0 Å². The summed E-state index contributed by atoms with van der Waals surface area (Å²) in [6.45, 7) is 4.22. The van der Waals surface area contributed by atoms with Crippen molar-refractivity contribution in [3.05, 3.63) is 89.5 Å². The quantitative estimate of drug-likeness (QED) is 0.227.